The summed E-state index contributed by atoms with van der Waals surface area (Å²) in [5.41, 5.74) is 2.60. The number of aryl methyl sites for hydroxylation is 1. The molecule has 0 saturated heterocycles. The molecule has 36 heavy (non-hydrogen) atoms. The molecule has 2 aromatic heterocycles. The first-order valence-electron chi connectivity index (χ1n) is 11.9. The standard InChI is InChI=1S/C27H26F2N2O5/c1-3-20(32)15-31-14-17(5-9-24(31)34)25-16(2)4-7-19(30-25)13-23(33)26(10-11-26)18-6-8-21-22(12-18)36-27(28,29)35-21/h4-9,12,14,20,32H,3,10-11,13,15H2,1-2H3/p+1/t20-/m0/s1. The van der Waals surface area contributed by atoms with Gasteiger partial charge in [0.1, 0.15) is 5.78 Å². The Kier molecular flexibility index (Phi) is 5.90. The van der Waals surface area contributed by atoms with Gasteiger partial charge in [0.2, 0.25) is 0 Å². The number of Topliss-reactive ketones (excluding diaryl/α,β-unsaturated/α-hetero) is 1. The molecule has 5 rings (SSSR count). The maximum Gasteiger partial charge on any atom is 0.586 e. The van der Waals surface area contributed by atoms with E-state index in [0.717, 1.165) is 11.1 Å². The van der Waals surface area contributed by atoms with Gasteiger partial charge < -0.3 is 19.1 Å². The maximum absolute atomic E-state index is 13.4. The lowest BCUT2D eigenvalue weighted by Crippen LogP contribution is -2.26. The molecular formula is C27H27F2N2O5+. The molecule has 0 unspecified atom stereocenters. The van der Waals surface area contributed by atoms with Crippen LogP contribution in [-0.2, 0) is 23.2 Å². The van der Waals surface area contributed by atoms with Gasteiger partial charge in [-0.05, 0) is 55.2 Å². The average Bonchev–Trinajstić information content (AvgIpc) is 3.58. The maximum atomic E-state index is 13.4. The second-order valence-electron chi connectivity index (χ2n) is 9.49. The number of pyridine rings is 2. The van der Waals surface area contributed by atoms with E-state index in [4.69, 9.17) is 10.1 Å². The fourth-order valence-electron chi connectivity index (χ4n) is 4.57. The van der Waals surface area contributed by atoms with E-state index >= 15 is 0 Å². The Hall–Kier alpha value is -3.59. The van der Waals surface area contributed by atoms with Crippen LogP contribution < -0.4 is 15.0 Å². The Morgan fingerprint density at radius 1 is 1.14 bits per heavy atom. The molecule has 9 heteroatoms. The molecule has 1 aromatic carbocycles. The van der Waals surface area contributed by atoms with Crippen molar-refractivity contribution in [2.45, 2.75) is 63.9 Å². The first-order chi connectivity index (χ1) is 17.1. The molecule has 0 amide bonds. The summed E-state index contributed by atoms with van der Waals surface area (Å²) in [6, 6.07) is 11.4. The van der Waals surface area contributed by atoms with Crippen molar-refractivity contribution in [3.63, 3.8) is 0 Å². The molecule has 7 nitrogen and oxygen atoms in total. The molecule has 188 valence electrons. The summed E-state index contributed by atoms with van der Waals surface area (Å²) >= 11 is 0. The third-order valence-electron chi connectivity index (χ3n) is 6.90. The topological polar surface area (TPSA) is 93.3 Å². The second kappa shape index (κ2) is 8.81. The highest BCUT2D eigenvalue weighted by atomic mass is 19.3. The minimum Gasteiger partial charge on any atom is -0.442 e. The van der Waals surface area contributed by atoms with E-state index in [1.165, 1.54) is 22.8 Å². The van der Waals surface area contributed by atoms with Gasteiger partial charge in [-0.25, -0.2) is 0 Å². The van der Waals surface area contributed by atoms with Crippen molar-refractivity contribution >= 4 is 5.78 Å². The van der Waals surface area contributed by atoms with Crippen molar-refractivity contribution in [3.8, 4) is 22.8 Å². The Bertz CT molecular complexity index is 1400. The van der Waals surface area contributed by atoms with Gasteiger partial charge in [-0.3, -0.25) is 14.6 Å². The number of ketones is 1. The smallest absolute Gasteiger partial charge is 0.442 e. The molecule has 0 radical (unpaired) electrons. The van der Waals surface area contributed by atoms with Gasteiger partial charge in [0.05, 0.1) is 17.7 Å². The summed E-state index contributed by atoms with van der Waals surface area (Å²) in [5.74, 6) is -0.158. The van der Waals surface area contributed by atoms with Crippen LogP contribution in [0.25, 0.3) is 11.3 Å². The first-order valence-corrected chi connectivity index (χ1v) is 11.9. The molecule has 0 spiro atoms. The Balaban J connectivity index is 1.39. The fraction of sp³-hybridized carbons (Fsp3) is 0.370. The molecule has 3 aromatic rings. The van der Waals surface area contributed by atoms with Crippen molar-refractivity contribution < 1.29 is 28.2 Å². The molecule has 3 heterocycles. The van der Waals surface area contributed by atoms with Gasteiger partial charge in [0, 0.05) is 36.4 Å². The number of carbonyl (C=O) groups is 1. The van der Waals surface area contributed by atoms with Gasteiger partial charge in [-0.15, -0.1) is 8.78 Å². The predicted octanol–water partition coefficient (Wildman–Crippen LogP) is 3.89. The zero-order chi connectivity index (χ0) is 25.7. The molecule has 1 aliphatic heterocycles. The largest absolute Gasteiger partial charge is 0.586 e. The van der Waals surface area contributed by atoms with Crippen LogP contribution in [0.1, 0.15) is 43.0 Å². The highest BCUT2D eigenvalue weighted by molar-refractivity contribution is 5.94. The molecule has 0 bridgehead atoms. The van der Waals surface area contributed by atoms with E-state index in [2.05, 4.69) is 9.47 Å². The average molecular weight is 498 g/mol. The minimum atomic E-state index is -3.70. The summed E-state index contributed by atoms with van der Waals surface area (Å²) in [7, 11) is 0. The Morgan fingerprint density at radius 3 is 2.61 bits per heavy atom. The third kappa shape index (κ3) is 4.51. The summed E-state index contributed by atoms with van der Waals surface area (Å²) < 4.78 is 37.4. The van der Waals surface area contributed by atoms with Gasteiger partial charge in [-0.1, -0.05) is 19.1 Å². The van der Waals surface area contributed by atoms with Crippen LogP contribution in [0, 0.1) is 6.92 Å². The van der Waals surface area contributed by atoms with Gasteiger partial charge >= 0.3 is 6.29 Å². The van der Waals surface area contributed by atoms with Crippen molar-refractivity contribution in [3.05, 3.63) is 75.8 Å². The van der Waals surface area contributed by atoms with Crippen molar-refractivity contribution in [2.75, 3.05) is 0 Å². The first kappa shape index (κ1) is 24.1. The van der Waals surface area contributed by atoms with Crippen LogP contribution in [0.2, 0.25) is 0 Å². The van der Waals surface area contributed by atoms with Crippen LogP contribution in [0.3, 0.4) is 0 Å². The molecule has 2 N–H and O–H groups in total. The molecular weight excluding hydrogens is 470 g/mol. The van der Waals surface area contributed by atoms with Crippen LogP contribution in [0.15, 0.2) is 53.5 Å². The summed E-state index contributed by atoms with van der Waals surface area (Å²) in [4.78, 5) is 30.4. The van der Waals surface area contributed by atoms with Crippen LogP contribution in [-0.4, -0.2) is 32.8 Å². The van der Waals surface area contributed by atoms with E-state index in [9.17, 15) is 18.4 Å². The summed E-state index contributed by atoms with van der Waals surface area (Å²) in [6.45, 7) is 4.11. The Labute approximate surface area is 206 Å². The quantitative estimate of drug-likeness (QED) is 0.440. The fourth-order valence-corrected chi connectivity index (χ4v) is 4.57. The normalized spacial score (nSPS) is 17.6. The van der Waals surface area contributed by atoms with Crippen LogP contribution in [0.4, 0.5) is 8.78 Å². The van der Waals surface area contributed by atoms with E-state index in [-0.39, 0.29) is 35.4 Å². The lowest BCUT2D eigenvalue weighted by Gasteiger charge is -2.16. The summed E-state index contributed by atoms with van der Waals surface area (Å²) in [6.07, 6.45) is -0.404. The van der Waals surface area contributed by atoms with Crippen molar-refractivity contribution in [1.29, 1.82) is 0 Å². The number of halogens is 2. The minimum absolute atomic E-state index is 0.0413. The SMILES string of the molecule is CC[C@H]([OH2+])Cn1cc(-c2nc(CC(=O)C3(c4ccc5c(c4)OC(F)(F)O5)CC3)ccc2C)ccc1=O. The van der Waals surface area contributed by atoms with Crippen LogP contribution >= 0.6 is 0 Å². The number of fused-ring (bicyclic) bond motifs is 1. The molecule has 1 fully saturated rings. The lowest BCUT2D eigenvalue weighted by atomic mass is 9.88. The van der Waals surface area contributed by atoms with Gasteiger partial charge in [0.15, 0.2) is 17.6 Å². The predicted molar refractivity (Wildman–Crippen MR) is 129 cm³/mol. The number of hydrogen-bond acceptors (Lipinski definition) is 5. The monoisotopic (exact) mass is 497 g/mol. The van der Waals surface area contributed by atoms with E-state index < -0.39 is 11.7 Å². The number of carbonyl (C=O) groups excluding carboxylic acids is 1. The third-order valence-corrected chi connectivity index (χ3v) is 6.90. The van der Waals surface area contributed by atoms with Gasteiger partial charge in [0.25, 0.3) is 5.56 Å². The van der Waals surface area contributed by atoms with Crippen molar-refractivity contribution in [1.82, 2.24) is 9.55 Å². The number of rotatable bonds is 8. The highest BCUT2D eigenvalue weighted by Gasteiger charge is 2.52. The number of hydrogen-bond donors (Lipinski definition) is 0. The molecule has 2 aliphatic rings. The molecule has 1 atom stereocenters. The number of ether oxygens (including phenoxy) is 2. The van der Waals surface area contributed by atoms with E-state index in [1.54, 1.807) is 24.4 Å². The molecule has 1 saturated carbocycles. The zero-order valence-electron chi connectivity index (χ0n) is 20.0. The lowest BCUT2D eigenvalue weighted by molar-refractivity contribution is -0.286. The Morgan fingerprint density at radius 2 is 1.89 bits per heavy atom. The van der Waals surface area contributed by atoms with Gasteiger partial charge in [-0.2, -0.15) is 0 Å². The highest BCUT2D eigenvalue weighted by Crippen LogP contribution is 2.52. The zero-order valence-corrected chi connectivity index (χ0v) is 20.0. The number of benzene rings is 1. The molecule has 1 aliphatic carbocycles. The summed E-state index contributed by atoms with van der Waals surface area (Å²) in [5, 5.41) is 8.01. The second-order valence-corrected chi connectivity index (χ2v) is 9.49. The van der Waals surface area contributed by atoms with Crippen LogP contribution in [0.5, 0.6) is 11.5 Å². The van der Waals surface area contributed by atoms with Crippen molar-refractivity contribution in [2.24, 2.45) is 0 Å². The number of nitrogens with zero attached hydrogens (tertiary/aromatic N) is 2. The number of aromatic nitrogens is 2. The van der Waals surface area contributed by atoms with E-state index in [0.29, 0.717) is 42.8 Å². The van der Waals surface area contributed by atoms with E-state index in [1.807, 2.05) is 19.9 Å². The number of alkyl halides is 2.